The van der Waals surface area contributed by atoms with Crippen molar-refractivity contribution in [3.8, 4) is 0 Å². The Kier molecular flexibility index (Phi) is 5.35. The van der Waals surface area contributed by atoms with E-state index >= 15 is 0 Å². The standard InChI is InChI=1S/C12H22N2O3/c1-11(2,3)13-9(15)7-8-10(16)17-14-12(4,5)6/h7-8,14H,1-6H3,(H,13,15)/b8-7-. The fourth-order valence-electron chi connectivity index (χ4n) is 0.792. The predicted octanol–water partition coefficient (Wildman–Crippen LogP) is 1.30. The maximum Gasteiger partial charge on any atom is 0.349 e. The number of nitrogens with one attached hydrogen (secondary N) is 2. The number of hydrogen-bond donors (Lipinski definition) is 2. The molecular weight excluding hydrogens is 220 g/mol. The highest BCUT2D eigenvalue weighted by molar-refractivity contribution is 5.94. The van der Waals surface area contributed by atoms with E-state index in [0.29, 0.717) is 0 Å². The predicted molar refractivity (Wildman–Crippen MR) is 66.0 cm³/mol. The third-order valence-corrected chi connectivity index (χ3v) is 1.33. The van der Waals surface area contributed by atoms with Crippen LogP contribution in [0.25, 0.3) is 0 Å². The molecule has 5 nitrogen and oxygen atoms in total. The minimum Gasteiger partial charge on any atom is -0.367 e. The van der Waals surface area contributed by atoms with Gasteiger partial charge in [0.1, 0.15) is 0 Å². The quantitative estimate of drug-likeness (QED) is 0.578. The zero-order valence-electron chi connectivity index (χ0n) is 11.4. The van der Waals surface area contributed by atoms with E-state index in [4.69, 9.17) is 4.84 Å². The van der Waals surface area contributed by atoms with Crippen LogP contribution >= 0.6 is 0 Å². The highest BCUT2D eigenvalue weighted by Crippen LogP contribution is 1.99. The maximum absolute atomic E-state index is 11.3. The molecule has 0 saturated carbocycles. The summed E-state index contributed by atoms with van der Waals surface area (Å²) < 4.78 is 0. The molecule has 98 valence electrons. The van der Waals surface area contributed by atoms with Crippen LogP contribution in [-0.2, 0) is 14.4 Å². The molecule has 0 aliphatic heterocycles. The van der Waals surface area contributed by atoms with E-state index in [1.54, 1.807) is 0 Å². The van der Waals surface area contributed by atoms with Crippen molar-refractivity contribution in [2.24, 2.45) is 0 Å². The van der Waals surface area contributed by atoms with Crippen LogP contribution in [0.1, 0.15) is 41.5 Å². The third kappa shape index (κ3) is 10.9. The molecule has 1 amide bonds. The Bertz CT molecular complexity index is 309. The van der Waals surface area contributed by atoms with Gasteiger partial charge in [-0.2, -0.15) is 0 Å². The van der Waals surface area contributed by atoms with Gasteiger partial charge in [-0.3, -0.25) is 4.79 Å². The Balaban J connectivity index is 4.08. The molecular formula is C12H22N2O3. The molecule has 0 aliphatic carbocycles. The van der Waals surface area contributed by atoms with E-state index in [9.17, 15) is 9.59 Å². The highest BCUT2D eigenvalue weighted by atomic mass is 16.7. The largest absolute Gasteiger partial charge is 0.367 e. The molecule has 0 rings (SSSR count). The van der Waals surface area contributed by atoms with Crippen molar-refractivity contribution in [3.05, 3.63) is 12.2 Å². The van der Waals surface area contributed by atoms with Crippen LogP contribution in [-0.4, -0.2) is 23.0 Å². The van der Waals surface area contributed by atoms with Crippen LogP contribution in [0.15, 0.2) is 12.2 Å². The van der Waals surface area contributed by atoms with Crippen LogP contribution in [0.4, 0.5) is 0 Å². The molecule has 0 heterocycles. The first-order valence-corrected chi connectivity index (χ1v) is 5.48. The summed E-state index contributed by atoms with van der Waals surface area (Å²) in [5, 5.41) is 2.69. The Morgan fingerprint density at radius 1 is 0.941 bits per heavy atom. The van der Waals surface area contributed by atoms with Crippen LogP contribution < -0.4 is 10.8 Å². The van der Waals surface area contributed by atoms with E-state index < -0.39 is 5.97 Å². The van der Waals surface area contributed by atoms with Gasteiger partial charge >= 0.3 is 5.97 Å². The van der Waals surface area contributed by atoms with Gasteiger partial charge in [-0.25, -0.2) is 4.79 Å². The lowest BCUT2D eigenvalue weighted by atomic mass is 10.1. The number of hydroxylamine groups is 1. The van der Waals surface area contributed by atoms with Crippen molar-refractivity contribution in [2.75, 3.05) is 0 Å². The summed E-state index contributed by atoms with van der Waals surface area (Å²) in [6.45, 7) is 11.2. The van der Waals surface area contributed by atoms with E-state index in [1.165, 1.54) is 0 Å². The summed E-state index contributed by atoms with van der Waals surface area (Å²) in [7, 11) is 0. The zero-order chi connectivity index (χ0) is 13.7. The molecule has 0 aromatic rings. The molecule has 0 saturated heterocycles. The molecule has 2 N–H and O–H groups in total. The van der Waals surface area contributed by atoms with Crippen molar-refractivity contribution in [1.82, 2.24) is 10.8 Å². The van der Waals surface area contributed by atoms with Crippen LogP contribution in [0.5, 0.6) is 0 Å². The Labute approximate surface area is 103 Å². The third-order valence-electron chi connectivity index (χ3n) is 1.33. The fourth-order valence-corrected chi connectivity index (χ4v) is 0.792. The molecule has 0 fully saturated rings. The summed E-state index contributed by atoms with van der Waals surface area (Å²) in [6, 6.07) is 0. The molecule has 0 aliphatic rings. The van der Waals surface area contributed by atoms with E-state index in [2.05, 4.69) is 10.8 Å². The average molecular weight is 242 g/mol. The van der Waals surface area contributed by atoms with Gasteiger partial charge in [0.25, 0.3) is 0 Å². The summed E-state index contributed by atoms with van der Waals surface area (Å²) in [6.07, 6.45) is 2.23. The monoisotopic (exact) mass is 242 g/mol. The average Bonchev–Trinajstić information content (AvgIpc) is 2.07. The number of carbonyl (C=O) groups excluding carboxylic acids is 2. The topological polar surface area (TPSA) is 67.4 Å². The van der Waals surface area contributed by atoms with Gasteiger partial charge in [0, 0.05) is 23.2 Å². The Hall–Kier alpha value is -1.36. The van der Waals surface area contributed by atoms with Gasteiger partial charge in [-0.1, -0.05) is 0 Å². The molecule has 0 aromatic heterocycles. The number of hydrogen-bond acceptors (Lipinski definition) is 4. The van der Waals surface area contributed by atoms with Gasteiger partial charge < -0.3 is 10.2 Å². The van der Waals surface area contributed by atoms with Gasteiger partial charge in [0.2, 0.25) is 5.91 Å². The Morgan fingerprint density at radius 2 is 1.47 bits per heavy atom. The second-order valence-electron chi connectivity index (χ2n) is 5.85. The van der Waals surface area contributed by atoms with Crippen molar-refractivity contribution in [1.29, 1.82) is 0 Å². The fraction of sp³-hybridized carbons (Fsp3) is 0.667. The lowest BCUT2D eigenvalue weighted by molar-refractivity contribution is -0.149. The molecule has 0 unspecified atom stereocenters. The van der Waals surface area contributed by atoms with Gasteiger partial charge in [0.15, 0.2) is 0 Å². The van der Waals surface area contributed by atoms with Crippen molar-refractivity contribution in [3.63, 3.8) is 0 Å². The van der Waals surface area contributed by atoms with Crippen LogP contribution in [0, 0.1) is 0 Å². The molecule has 0 bridgehead atoms. The molecule has 0 aromatic carbocycles. The molecule has 17 heavy (non-hydrogen) atoms. The van der Waals surface area contributed by atoms with Crippen molar-refractivity contribution < 1.29 is 14.4 Å². The maximum atomic E-state index is 11.3. The summed E-state index contributed by atoms with van der Waals surface area (Å²) in [5.41, 5.74) is 1.91. The zero-order valence-corrected chi connectivity index (χ0v) is 11.4. The first kappa shape index (κ1) is 15.6. The SMILES string of the molecule is CC(C)(C)NOC(=O)/C=C\C(=O)NC(C)(C)C. The summed E-state index contributed by atoms with van der Waals surface area (Å²) in [5.74, 6) is -0.936. The second-order valence-corrected chi connectivity index (χ2v) is 5.85. The minimum absolute atomic E-state index is 0.322. The lowest BCUT2D eigenvalue weighted by Crippen LogP contribution is -2.40. The molecule has 5 heteroatoms. The summed E-state index contributed by atoms with van der Waals surface area (Å²) >= 11 is 0. The molecule has 0 atom stereocenters. The van der Waals surface area contributed by atoms with Gasteiger partial charge in [-0.15, -0.1) is 5.48 Å². The molecule has 0 spiro atoms. The van der Waals surface area contributed by atoms with E-state index in [-0.39, 0.29) is 17.0 Å². The minimum atomic E-state index is -0.607. The first-order chi connectivity index (χ1) is 7.49. The van der Waals surface area contributed by atoms with E-state index in [1.807, 2.05) is 41.5 Å². The smallest absolute Gasteiger partial charge is 0.349 e. The number of amides is 1. The number of carbonyl (C=O) groups is 2. The highest BCUT2D eigenvalue weighted by Gasteiger charge is 2.13. The van der Waals surface area contributed by atoms with E-state index in [0.717, 1.165) is 12.2 Å². The number of rotatable bonds is 3. The normalized spacial score (nSPS) is 12.6. The first-order valence-electron chi connectivity index (χ1n) is 5.48. The van der Waals surface area contributed by atoms with Crippen LogP contribution in [0.2, 0.25) is 0 Å². The second kappa shape index (κ2) is 5.82. The summed E-state index contributed by atoms with van der Waals surface area (Å²) in [4.78, 5) is 27.3. The lowest BCUT2D eigenvalue weighted by Gasteiger charge is -2.19. The van der Waals surface area contributed by atoms with Crippen LogP contribution in [0.3, 0.4) is 0 Å². The molecule has 0 radical (unpaired) electrons. The van der Waals surface area contributed by atoms with Gasteiger partial charge in [-0.05, 0) is 41.5 Å². The van der Waals surface area contributed by atoms with Crippen molar-refractivity contribution in [2.45, 2.75) is 52.6 Å². The van der Waals surface area contributed by atoms with Gasteiger partial charge in [0.05, 0.1) is 0 Å². The van der Waals surface area contributed by atoms with Crippen molar-refractivity contribution >= 4 is 11.9 Å². The Morgan fingerprint density at radius 3 is 1.88 bits per heavy atom.